The number of fused-ring (bicyclic) bond motifs is 9. The molecular weight excluding hydrogens is 797 g/mol. The molecular formula is C64H46N2. The number of aliphatic imine (C=N–C) groups is 1. The minimum absolute atomic E-state index is 0.209. The Bertz CT molecular complexity index is 3570. The summed E-state index contributed by atoms with van der Waals surface area (Å²) in [6.45, 7) is 4.78. The summed E-state index contributed by atoms with van der Waals surface area (Å²) >= 11 is 0. The monoisotopic (exact) mass is 842 g/mol. The highest BCUT2D eigenvalue weighted by Crippen LogP contribution is 2.58. The van der Waals surface area contributed by atoms with Crippen molar-refractivity contribution in [1.29, 1.82) is 5.41 Å². The molecule has 0 spiro atoms. The fourth-order valence-corrected chi connectivity index (χ4v) is 11.5. The molecule has 0 heterocycles. The van der Waals surface area contributed by atoms with E-state index in [1.54, 1.807) is 0 Å². The van der Waals surface area contributed by atoms with Gasteiger partial charge in [0.15, 0.2) is 0 Å². The van der Waals surface area contributed by atoms with Gasteiger partial charge in [-0.05, 0) is 99.9 Å². The maximum absolute atomic E-state index is 9.47. The number of nitrogens with zero attached hydrogens (tertiary/aromatic N) is 1. The lowest BCUT2D eigenvalue weighted by Gasteiger charge is -2.34. The van der Waals surface area contributed by atoms with Gasteiger partial charge in [0.1, 0.15) is 0 Å². The van der Waals surface area contributed by atoms with Crippen LogP contribution in [0.15, 0.2) is 236 Å². The summed E-state index contributed by atoms with van der Waals surface area (Å²) in [6, 6.07) is 80.7. The van der Waals surface area contributed by atoms with E-state index < -0.39 is 5.41 Å². The molecule has 2 aliphatic rings. The number of benzene rings is 10. The van der Waals surface area contributed by atoms with Gasteiger partial charge in [-0.1, -0.05) is 238 Å². The lowest BCUT2D eigenvalue weighted by molar-refractivity contribution is 0.668. The summed E-state index contributed by atoms with van der Waals surface area (Å²) in [5, 5.41) is 14.4. The first-order valence-electron chi connectivity index (χ1n) is 22.9. The van der Waals surface area contributed by atoms with E-state index >= 15 is 0 Å². The van der Waals surface area contributed by atoms with Crippen LogP contribution in [-0.2, 0) is 10.8 Å². The van der Waals surface area contributed by atoms with Crippen molar-refractivity contribution in [2.24, 2.45) is 4.99 Å². The normalized spacial score (nSPS) is 14.2. The molecule has 2 nitrogen and oxygen atoms in total. The first-order valence-corrected chi connectivity index (χ1v) is 22.9. The predicted octanol–water partition coefficient (Wildman–Crippen LogP) is 15.9. The van der Waals surface area contributed by atoms with E-state index in [0.717, 1.165) is 33.3 Å². The molecule has 66 heavy (non-hydrogen) atoms. The van der Waals surface area contributed by atoms with Crippen LogP contribution in [0.4, 0.5) is 0 Å². The lowest BCUT2D eigenvalue weighted by Crippen LogP contribution is -2.28. The minimum atomic E-state index is -0.557. The van der Waals surface area contributed by atoms with Gasteiger partial charge >= 0.3 is 0 Å². The second-order valence-electron chi connectivity index (χ2n) is 18.1. The van der Waals surface area contributed by atoms with Gasteiger partial charge in [-0.25, -0.2) is 0 Å². The highest BCUT2D eigenvalue weighted by molar-refractivity contribution is 6.13. The van der Waals surface area contributed by atoms with E-state index in [1.807, 2.05) is 42.6 Å². The Balaban J connectivity index is 1.03. The standard InChI is InChI=1S/C64H46N2/c1-63(2)61-48-28-13-12-20-42(48)36-39-53(61)52-32-18-31-51(62(52)63)50-38-37-44(47-27-14-15-29-49(47)50)41-66-59(40-58(65)43-21-6-3-7-22-43)55-33-19-35-57-60(55)54-30-16-17-34-56(54)64(57,45-23-8-4-9-24-45)46-25-10-5-11-26-46/h3-41,65H,1-2H3/b59-40-,65-58?,66-41?. The minimum Gasteiger partial charge on any atom is -0.300 e. The molecule has 0 bridgehead atoms. The number of nitrogens with one attached hydrogen (secondary N) is 1. The van der Waals surface area contributed by atoms with Crippen molar-refractivity contribution in [1.82, 2.24) is 0 Å². The summed E-state index contributed by atoms with van der Waals surface area (Å²) in [7, 11) is 0. The maximum Gasteiger partial charge on any atom is 0.0729 e. The molecule has 1 N–H and O–H groups in total. The molecule has 0 unspecified atom stereocenters. The quantitative estimate of drug-likeness (QED) is 0.148. The van der Waals surface area contributed by atoms with Gasteiger partial charge in [0.05, 0.1) is 16.8 Å². The molecule has 12 rings (SSSR count). The number of hydrogen-bond acceptors (Lipinski definition) is 2. The Kier molecular flexibility index (Phi) is 9.26. The number of allylic oxidation sites excluding steroid dienone is 1. The van der Waals surface area contributed by atoms with Crippen LogP contribution in [0.25, 0.3) is 60.6 Å². The van der Waals surface area contributed by atoms with Crippen LogP contribution in [0, 0.1) is 5.41 Å². The molecule has 10 aromatic rings. The number of hydrogen-bond donors (Lipinski definition) is 1. The fourth-order valence-electron chi connectivity index (χ4n) is 11.5. The van der Waals surface area contributed by atoms with Crippen LogP contribution in [0.3, 0.4) is 0 Å². The topological polar surface area (TPSA) is 36.2 Å². The Morgan fingerprint density at radius 2 is 0.985 bits per heavy atom. The third kappa shape index (κ3) is 5.95. The van der Waals surface area contributed by atoms with Crippen LogP contribution >= 0.6 is 0 Å². The van der Waals surface area contributed by atoms with E-state index in [1.165, 1.54) is 77.4 Å². The van der Waals surface area contributed by atoms with E-state index in [0.29, 0.717) is 5.71 Å². The number of rotatable bonds is 8. The van der Waals surface area contributed by atoms with Gasteiger partial charge in [-0.15, -0.1) is 0 Å². The van der Waals surface area contributed by atoms with Crippen molar-refractivity contribution >= 4 is 39.2 Å². The van der Waals surface area contributed by atoms with Crippen LogP contribution in [0.2, 0.25) is 0 Å². The van der Waals surface area contributed by atoms with Crippen molar-refractivity contribution in [2.45, 2.75) is 24.7 Å². The summed E-state index contributed by atoms with van der Waals surface area (Å²) in [6.07, 6.45) is 3.96. The zero-order valence-electron chi connectivity index (χ0n) is 37.0. The molecule has 0 saturated heterocycles. The summed E-state index contributed by atoms with van der Waals surface area (Å²) in [5.74, 6) is 0. The molecule has 10 aromatic carbocycles. The van der Waals surface area contributed by atoms with Crippen molar-refractivity contribution < 1.29 is 0 Å². The summed E-state index contributed by atoms with van der Waals surface area (Å²) in [5.41, 5.74) is 18.2. The molecule has 0 radical (unpaired) electrons. The van der Waals surface area contributed by atoms with Crippen LogP contribution < -0.4 is 0 Å². The average Bonchev–Trinajstić information content (AvgIpc) is 3.82. The second-order valence-corrected chi connectivity index (χ2v) is 18.1. The van der Waals surface area contributed by atoms with Gasteiger partial charge in [0.2, 0.25) is 0 Å². The van der Waals surface area contributed by atoms with Gasteiger partial charge in [0.25, 0.3) is 0 Å². The molecule has 0 aromatic heterocycles. The maximum atomic E-state index is 9.47. The van der Waals surface area contributed by atoms with Gasteiger partial charge in [-0.3, -0.25) is 4.99 Å². The second kappa shape index (κ2) is 15.5. The molecule has 0 fully saturated rings. The van der Waals surface area contributed by atoms with Gasteiger partial charge in [0, 0.05) is 22.8 Å². The molecule has 2 heteroatoms. The van der Waals surface area contributed by atoms with Crippen molar-refractivity contribution in [3.8, 4) is 33.4 Å². The lowest BCUT2D eigenvalue weighted by atomic mass is 9.67. The van der Waals surface area contributed by atoms with Crippen LogP contribution in [-0.4, -0.2) is 11.9 Å². The van der Waals surface area contributed by atoms with Crippen LogP contribution in [0.5, 0.6) is 0 Å². The Labute approximate surface area is 386 Å². The molecule has 312 valence electrons. The Morgan fingerprint density at radius 3 is 1.73 bits per heavy atom. The fraction of sp³-hybridized carbons (Fsp3) is 0.0625. The first-order chi connectivity index (χ1) is 32.4. The highest BCUT2D eigenvalue weighted by atomic mass is 14.7. The largest absolute Gasteiger partial charge is 0.300 e. The SMILES string of the molecule is CC1(C)c2c(cccc2-c2ccc(C=N/C(=C\C(=N)c3ccccc3)c3cccc4c3-c3ccccc3C4(c3ccccc3)c3ccccc3)c3ccccc23)-c2ccc3ccccc3c21. The molecule has 0 aliphatic heterocycles. The van der Waals surface area contributed by atoms with Gasteiger partial charge in [-0.2, -0.15) is 0 Å². The zero-order valence-corrected chi connectivity index (χ0v) is 37.0. The summed E-state index contributed by atoms with van der Waals surface area (Å²) < 4.78 is 0. The van der Waals surface area contributed by atoms with E-state index in [9.17, 15) is 5.41 Å². The first kappa shape index (κ1) is 39.4. The average molecular weight is 843 g/mol. The molecule has 0 amide bonds. The van der Waals surface area contributed by atoms with E-state index in [-0.39, 0.29) is 5.41 Å². The smallest absolute Gasteiger partial charge is 0.0729 e. The van der Waals surface area contributed by atoms with E-state index in [4.69, 9.17) is 4.99 Å². The molecule has 0 saturated carbocycles. The predicted molar refractivity (Wildman–Crippen MR) is 277 cm³/mol. The Hall–Kier alpha value is -8.20. The summed E-state index contributed by atoms with van der Waals surface area (Å²) in [4.78, 5) is 5.46. The third-order valence-electron chi connectivity index (χ3n) is 14.2. The third-order valence-corrected chi connectivity index (χ3v) is 14.2. The van der Waals surface area contributed by atoms with Crippen LogP contribution in [0.1, 0.15) is 63.9 Å². The highest BCUT2D eigenvalue weighted by Gasteiger charge is 2.47. The Morgan fingerprint density at radius 1 is 0.439 bits per heavy atom. The van der Waals surface area contributed by atoms with Crippen molar-refractivity contribution in [3.63, 3.8) is 0 Å². The molecule has 2 aliphatic carbocycles. The molecule has 0 atom stereocenters. The van der Waals surface area contributed by atoms with Crippen molar-refractivity contribution in [3.05, 3.63) is 281 Å². The van der Waals surface area contributed by atoms with Crippen molar-refractivity contribution in [2.75, 3.05) is 0 Å². The van der Waals surface area contributed by atoms with E-state index in [2.05, 4.69) is 208 Å². The zero-order chi connectivity index (χ0) is 44.4. The van der Waals surface area contributed by atoms with Gasteiger partial charge < -0.3 is 5.41 Å².